The predicted octanol–water partition coefficient (Wildman–Crippen LogP) is 2.90. The fourth-order valence-electron chi connectivity index (χ4n) is 1.01. The maximum atomic E-state index is 11.5. The highest BCUT2D eigenvalue weighted by Crippen LogP contribution is 2.21. The Kier molecular flexibility index (Phi) is 2.36. The van der Waals surface area contributed by atoms with Gasteiger partial charge in [-0.15, -0.1) is 0 Å². The first-order valence-corrected chi connectivity index (χ1v) is 4.04. The molecule has 0 amide bonds. The van der Waals surface area contributed by atoms with Gasteiger partial charge in [-0.25, -0.2) is 0 Å². The summed E-state index contributed by atoms with van der Waals surface area (Å²) in [5.41, 5.74) is 0.721. The van der Waals surface area contributed by atoms with Gasteiger partial charge in [0, 0.05) is 6.42 Å². The molecule has 0 N–H and O–H groups in total. The topological polar surface area (TPSA) is 30.2 Å². The average Bonchev–Trinajstić information content (AvgIpc) is 2.32. The SMILES string of the molecule is CC(C)(C)CC(=O)c1ccoc1. The van der Waals surface area contributed by atoms with Crippen molar-refractivity contribution in [2.45, 2.75) is 27.2 Å². The average molecular weight is 166 g/mol. The Morgan fingerprint density at radius 2 is 2.17 bits per heavy atom. The summed E-state index contributed by atoms with van der Waals surface area (Å²) < 4.78 is 4.83. The number of ketones is 1. The van der Waals surface area contributed by atoms with E-state index in [1.54, 1.807) is 6.07 Å². The van der Waals surface area contributed by atoms with Crippen molar-refractivity contribution in [1.29, 1.82) is 0 Å². The molecule has 0 bridgehead atoms. The van der Waals surface area contributed by atoms with Gasteiger partial charge >= 0.3 is 0 Å². The van der Waals surface area contributed by atoms with Crippen molar-refractivity contribution in [3.05, 3.63) is 24.2 Å². The van der Waals surface area contributed by atoms with Crippen LogP contribution in [0.1, 0.15) is 37.6 Å². The van der Waals surface area contributed by atoms with Crippen LogP contribution < -0.4 is 0 Å². The van der Waals surface area contributed by atoms with E-state index < -0.39 is 0 Å². The zero-order valence-corrected chi connectivity index (χ0v) is 7.76. The molecule has 1 aromatic rings. The summed E-state index contributed by atoms with van der Waals surface area (Å²) in [5, 5.41) is 0. The molecule has 0 spiro atoms. The van der Waals surface area contributed by atoms with Crippen molar-refractivity contribution in [2.24, 2.45) is 5.41 Å². The van der Waals surface area contributed by atoms with Crippen LogP contribution >= 0.6 is 0 Å². The van der Waals surface area contributed by atoms with E-state index in [0.717, 1.165) is 0 Å². The molecule has 0 fully saturated rings. The third kappa shape index (κ3) is 2.53. The first kappa shape index (κ1) is 9.04. The van der Waals surface area contributed by atoms with Crippen LogP contribution in [0.5, 0.6) is 0 Å². The second-order valence-corrected chi connectivity index (χ2v) is 4.17. The van der Waals surface area contributed by atoms with Crippen LogP contribution in [0.25, 0.3) is 0 Å². The molecule has 0 aromatic carbocycles. The molecular formula is C10H14O2. The maximum Gasteiger partial charge on any atom is 0.166 e. The molecule has 0 saturated carbocycles. The summed E-state index contributed by atoms with van der Waals surface area (Å²) >= 11 is 0. The normalized spacial score (nSPS) is 11.6. The number of Topliss-reactive ketones (excluding diaryl/α,β-unsaturated/α-hetero) is 1. The van der Waals surface area contributed by atoms with Crippen LogP contribution in [0.4, 0.5) is 0 Å². The van der Waals surface area contributed by atoms with Crippen molar-refractivity contribution in [3.8, 4) is 0 Å². The number of hydrogen-bond acceptors (Lipinski definition) is 2. The first-order valence-electron chi connectivity index (χ1n) is 4.04. The van der Waals surface area contributed by atoms with Gasteiger partial charge in [-0.3, -0.25) is 4.79 Å². The monoisotopic (exact) mass is 166 g/mol. The third-order valence-electron chi connectivity index (χ3n) is 1.53. The summed E-state index contributed by atoms with van der Waals surface area (Å²) in [5.74, 6) is 0.149. The summed E-state index contributed by atoms with van der Waals surface area (Å²) in [7, 11) is 0. The minimum atomic E-state index is 0.0500. The quantitative estimate of drug-likeness (QED) is 0.632. The van der Waals surface area contributed by atoms with E-state index in [0.29, 0.717) is 12.0 Å². The van der Waals surface area contributed by atoms with E-state index in [4.69, 9.17) is 4.42 Å². The van der Waals surface area contributed by atoms with Gasteiger partial charge in [-0.2, -0.15) is 0 Å². The Balaban J connectivity index is 2.63. The summed E-state index contributed by atoms with van der Waals surface area (Å²) in [6, 6.07) is 1.70. The van der Waals surface area contributed by atoms with Gasteiger partial charge < -0.3 is 4.42 Å². The van der Waals surface area contributed by atoms with Crippen LogP contribution in [0, 0.1) is 5.41 Å². The molecule has 12 heavy (non-hydrogen) atoms. The van der Waals surface area contributed by atoms with Gasteiger partial charge in [0.25, 0.3) is 0 Å². The summed E-state index contributed by atoms with van der Waals surface area (Å²) in [6.45, 7) is 6.14. The molecule has 2 heteroatoms. The summed E-state index contributed by atoms with van der Waals surface area (Å²) in [4.78, 5) is 11.5. The van der Waals surface area contributed by atoms with Crippen molar-refractivity contribution >= 4 is 5.78 Å². The van der Waals surface area contributed by atoms with Crippen LogP contribution in [0.2, 0.25) is 0 Å². The van der Waals surface area contributed by atoms with Crippen LogP contribution in [-0.2, 0) is 0 Å². The Morgan fingerprint density at radius 3 is 2.58 bits per heavy atom. The molecule has 0 aliphatic heterocycles. The van der Waals surface area contributed by atoms with Gasteiger partial charge in [0.05, 0.1) is 11.8 Å². The molecule has 1 aromatic heterocycles. The second-order valence-electron chi connectivity index (χ2n) is 4.17. The lowest BCUT2D eigenvalue weighted by Gasteiger charge is -2.15. The van der Waals surface area contributed by atoms with Crippen LogP contribution in [-0.4, -0.2) is 5.78 Å². The van der Waals surface area contributed by atoms with Gasteiger partial charge in [0.2, 0.25) is 0 Å². The highest BCUT2D eigenvalue weighted by molar-refractivity contribution is 5.95. The van der Waals surface area contributed by atoms with Crippen LogP contribution in [0.3, 0.4) is 0 Å². The molecule has 0 atom stereocenters. The minimum Gasteiger partial charge on any atom is -0.472 e. The van der Waals surface area contributed by atoms with Gasteiger partial charge in [-0.1, -0.05) is 20.8 Å². The lowest BCUT2D eigenvalue weighted by atomic mass is 9.88. The number of carbonyl (C=O) groups is 1. The fourth-order valence-corrected chi connectivity index (χ4v) is 1.01. The van der Waals surface area contributed by atoms with Crippen molar-refractivity contribution in [1.82, 2.24) is 0 Å². The Hall–Kier alpha value is -1.05. The third-order valence-corrected chi connectivity index (χ3v) is 1.53. The Labute approximate surface area is 72.6 Å². The molecule has 2 nitrogen and oxygen atoms in total. The largest absolute Gasteiger partial charge is 0.472 e. The standard InChI is InChI=1S/C10H14O2/c1-10(2,3)6-9(11)8-4-5-12-7-8/h4-5,7H,6H2,1-3H3. The van der Waals surface area contributed by atoms with E-state index in [1.807, 2.05) is 20.8 Å². The Bertz CT molecular complexity index is 252. The predicted molar refractivity (Wildman–Crippen MR) is 47.1 cm³/mol. The lowest BCUT2D eigenvalue weighted by molar-refractivity contribution is 0.0939. The van der Waals surface area contributed by atoms with Gasteiger partial charge in [0.1, 0.15) is 6.26 Å². The zero-order chi connectivity index (χ0) is 9.19. The molecule has 1 rings (SSSR count). The fraction of sp³-hybridized carbons (Fsp3) is 0.500. The highest BCUT2D eigenvalue weighted by atomic mass is 16.3. The molecule has 0 aliphatic carbocycles. The number of rotatable bonds is 2. The molecular weight excluding hydrogens is 152 g/mol. The van der Waals surface area contributed by atoms with Gasteiger partial charge in [0.15, 0.2) is 5.78 Å². The van der Waals surface area contributed by atoms with E-state index in [1.165, 1.54) is 12.5 Å². The molecule has 1 heterocycles. The minimum absolute atomic E-state index is 0.0500. The molecule has 0 aliphatic rings. The smallest absolute Gasteiger partial charge is 0.166 e. The zero-order valence-electron chi connectivity index (χ0n) is 7.76. The molecule has 0 unspecified atom stereocenters. The molecule has 0 saturated heterocycles. The van der Waals surface area contributed by atoms with E-state index in [-0.39, 0.29) is 11.2 Å². The van der Waals surface area contributed by atoms with Crippen LogP contribution in [0.15, 0.2) is 23.0 Å². The van der Waals surface area contributed by atoms with Gasteiger partial charge in [-0.05, 0) is 11.5 Å². The van der Waals surface area contributed by atoms with Crippen molar-refractivity contribution in [3.63, 3.8) is 0 Å². The van der Waals surface area contributed by atoms with Crippen molar-refractivity contribution < 1.29 is 9.21 Å². The lowest BCUT2D eigenvalue weighted by Crippen LogP contribution is -2.12. The Morgan fingerprint density at radius 1 is 1.50 bits per heavy atom. The first-order chi connectivity index (χ1) is 5.49. The van der Waals surface area contributed by atoms with E-state index in [2.05, 4.69) is 0 Å². The van der Waals surface area contributed by atoms with E-state index in [9.17, 15) is 4.79 Å². The number of furan rings is 1. The van der Waals surface area contributed by atoms with Crippen molar-refractivity contribution in [2.75, 3.05) is 0 Å². The molecule has 66 valence electrons. The maximum absolute atomic E-state index is 11.5. The highest BCUT2D eigenvalue weighted by Gasteiger charge is 2.17. The van der Waals surface area contributed by atoms with E-state index >= 15 is 0 Å². The number of carbonyl (C=O) groups excluding carboxylic acids is 1. The number of hydrogen-bond donors (Lipinski definition) is 0. The summed E-state index contributed by atoms with van der Waals surface area (Å²) in [6.07, 6.45) is 3.58. The second kappa shape index (κ2) is 3.13. The molecule has 0 radical (unpaired) electrons.